The first-order valence-corrected chi connectivity index (χ1v) is 5.77. The summed E-state index contributed by atoms with van der Waals surface area (Å²) >= 11 is 3.39. The Balaban J connectivity index is 2.48. The molecule has 0 radical (unpaired) electrons. The van der Waals surface area contributed by atoms with Gasteiger partial charge in [0.05, 0.1) is 12.7 Å². The number of halogens is 1. The molecule has 1 heterocycles. The molecule has 0 unspecified atom stereocenters. The van der Waals surface area contributed by atoms with Crippen molar-refractivity contribution in [3.05, 3.63) is 34.3 Å². The van der Waals surface area contributed by atoms with E-state index < -0.39 is 0 Å². The van der Waals surface area contributed by atoms with Crippen molar-refractivity contribution in [1.82, 2.24) is 5.16 Å². The highest BCUT2D eigenvalue weighted by atomic mass is 79.9. The summed E-state index contributed by atoms with van der Waals surface area (Å²) in [6, 6.07) is 7.77. The molecule has 0 saturated carbocycles. The molecule has 4 heteroatoms. The van der Waals surface area contributed by atoms with E-state index in [2.05, 4.69) is 27.0 Å². The third-order valence-corrected chi connectivity index (χ3v) is 2.86. The van der Waals surface area contributed by atoms with Crippen LogP contribution in [-0.4, -0.2) is 12.3 Å². The van der Waals surface area contributed by atoms with Gasteiger partial charge in [-0.2, -0.15) is 0 Å². The van der Waals surface area contributed by atoms with Gasteiger partial charge in [-0.1, -0.05) is 33.2 Å². The summed E-state index contributed by atoms with van der Waals surface area (Å²) in [5.41, 5.74) is 2.48. The Morgan fingerprint density at radius 1 is 1.41 bits per heavy atom. The molecule has 0 N–H and O–H groups in total. The van der Waals surface area contributed by atoms with Crippen molar-refractivity contribution in [3.8, 4) is 29.5 Å². The van der Waals surface area contributed by atoms with Gasteiger partial charge in [-0.3, -0.25) is 0 Å². The molecular weight excluding hydrogens is 282 g/mol. The number of aromatic nitrogens is 1. The number of benzene rings is 1. The van der Waals surface area contributed by atoms with Gasteiger partial charge in [0.15, 0.2) is 0 Å². The van der Waals surface area contributed by atoms with Gasteiger partial charge in [-0.05, 0) is 12.1 Å². The summed E-state index contributed by atoms with van der Waals surface area (Å²) in [7, 11) is 1.53. The number of rotatable bonds is 3. The normalized spacial score (nSPS) is 9.94. The highest BCUT2D eigenvalue weighted by molar-refractivity contribution is 9.10. The maximum atomic E-state index is 5.33. The van der Waals surface area contributed by atoms with Gasteiger partial charge in [0.1, 0.15) is 5.69 Å². The zero-order chi connectivity index (χ0) is 12.3. The van der Waals surface area contributed by atoms with E-state index in [1.165, 1.54) is 7.11 Å². The van der Waals surface area contributed by atoms with Crippen LogP contribution in [0.15, 0.2) is 33.3 Å². The van der Waals surface area contributed by atoms with Crippen molar-refractivity contribution < 1.29 is 9.26 Å². The average Bonchev–Trinajstić information content (AvgIpc) is 2.74. The van der Waals surface area contributed by atoms with Crippen LogP contribution in [0.1, 0.15) is 5.56 Å². The molecule has 0 spiro atoms. The van der Waals surface area contributed by atoms with Gasteiger partial charge in [-0.25, -0.2) is 0 Å². The monoisotopic (exact) mass is 291 g/mol. The van der Waals surface area contributed by atoms with Crippen molar-refractivity contribution >= 4 is 15.9 Å². The van der Waals surface area contributed by atoms with Gasteiger partial charge in [0.25, 0.3) is 0 Å². The van der Waals surface area contributed by atoms with E-state index in [0.29, 0.717) is 12.4 Å². The molecule has 0 fully saturated rings. The molecular formula is C13H10BrNO2. The summed E-state index contributed by atoms with van der Waals surface area (Å²) in [5.74, 6) is 2.95. The van der Waals surface area contributed by atoms with Crippen LogP contribution >= 0.6 is 15.9 Å². The van der Waals surface area contributed by atoms with Gasteiger partial charge in [0.2, 0.25) is 0 Å². The summed E-state index contributed by atoms with van der Waals surface area (Å²) in [4.78, 5) is 0. The van der Waals surface area contributed by atoms with E-state index in [1.807, 2.05) is 24.3 Å². The van der Waals surface area contributed by atoms with Crippen LogP contribution in [0.3, 0.4) is 0 Å². The molecule has 86 valence electrons. The van der Waals surface area contributed by atoms with Gasteiger partial charge in [0, 0.05) is 16.5 Å². The van der Waals surface area contributed by atoms with Crippen LogP contribution in [0.25, 0.3) is 11.3 Å². The lowest BCUT2D eigenvalue weighted by molar-refractivity contribution is 0.259. The van der Waals surface area contributed by atoms with Crippen molar-refractivity contribution in [3.63, 3.8) is 0 Å². The molecule has 0 aliphatic rings. The van der Waals surface area contributed by atoms with E-state index >= 15 is 0 Å². The van der Waals surface area contributed by atoms with Crippen LogP contribution in [0.2, 0.25) is 0 Å². The van der Waals surface area contributed by atoms with E-state index in [9.17, 15) is 0 Å². The van der Waals surface area contributed by atoms with Crippen LogP contribution < -0.4 is 4.74 Å². The fraction of sp³-hybridized carbons (Fsp3) is 0.154. The van der Waals surface area contributed by atoms with Crippen LogP contribution in [0, 0.1) is 12.3 Å². The van der Waals surface area contributed by atoms with E-state index in [0.717, 1.165) is 21.3 Å². The lowest BCUT2D eigenvalue weighted by atomic mass is 10.1. The SMILES string of the molecule is C#CCc1c(-c2ccc(Br)cc2)noc1OC. The second-order valence-corrected chi connectivity index (χ2v) is 4.30. The predicted octanol–water partition coefficient (Wildman–Crippen LogP) is 3.29. The van der Waals surface area contributed by atoms with Crippen molar-refractivity contribution in [2.75, 3.05) is 7.11 Å². The standard InChI is InChI=1S/C13H10BrNO2/c1-3-4-11-12(15-17-13(11)16-2)9-5-7-10(14)8-6-9/h1,5-8H,4H2,2H3. The van der Waals surface area contributed by atoms with Gasteiger partial charge in [-0.15, -0.1) is 12.3 Å². The van der Waals surface area contributed by atoms with E-state index in [1.54, 1.807) is 0 Å². The molecule has 0 aliphatic heterocycles. The Labute approximate surface area is 108 Å². The maximum Gasteiger partial charge on any atom is 0.315 e. The molecule has 0 amide bonds. The average molecular weight is 292 g/mol. The predicted molar refractivity (Wildman–Crippen MR) is 68.7 cm³/mol. The first-order valence-electron chi connectivity index (χ1n) is 4.98. The van der Waals surface area contributed by atoms with E-state index in [-0.39, 0.29) is 0 Å². The Kier molecular flexibility index (Phi) is 3.50. The molecule has 2 rings (SSSR count). The van der Waals surface area contributed by atoms with Gasteiger partial charge >= 0.3 is 5.95 Å². The maximum absolute atomic E-state index is 5.33. The number of terminal acetylenes is 1. The van der Waals surface area contributed by atoms with Crippen LogP contribution in [-0.2, 0) is 6.42 Å². The van der Waals surface area contributed by atoms with Crippen LogP contribution in [0.5, 0.6) is 5.95 Å². The highest BCUT2D eigenvalue weighted by Crippen LogP contribution is 2.31. The Hall–Kier alpha value is -1.73. The number of ether oxygens (including phenoxy) is 1. The minimum absolute atomic E-state index is 0.376. The third-order valence-electron chi connectivity index (χ3n) is 2.33. The summed E-state index contributed by atoms with van der Waals surface area (Å²) in [6.45, 7) is 0. The van der Waals surface area contributed by atoms with Gasteiger partial charge < -0.3 is 9.26 Å². The zero-order valence-corrected chi connectivity index (χ0v) is 10.8. The zero-order valence-electron chi connectivity index (χ0n) is 9.24. The molecule has 0 saturated heterocycles. The Morgan fingerprint density at radius 3 is 2.71 bits per heavy atom. The minimum Gasteiger partial charge on any atom is -0.467 e. The molecule has 0 bridgehead atoms. The molecule has 3 nitrogen and oxygen atoms in total. The lowest BCUT2D eigenvalue weighted by Gasteiger charge is -2.00. The molecule has 0 atom stereocenters. The number of hydrogen-bond donors (Lipinski definition) is 0. The first kappa shape index (κ1) is 11.7. The molecule has 2 aromatic rings. The smallest absolute Gasteiger partial charge is 0.315 e. The summed E-state index contributed by atoms with van der Waals surface area (Å²) in [5, 5.41) is 3.99. The van der Waals surface area contributed by atoms with Crippen molar-refractivity contribution in [2.45, 2.75) is 6.42 Å². The topological polar surface area (TPSA) is 35.3 Å². The number of nitrogens with zero attached hydrogens (tertiary/aromatic N) is 1. The number of hydrogen-bond acceptors (Lipinski definition) is 3. The summed E-state index contributed by atoms with van der Waals surface area (Å²) < 4.78 is 11.2. The fourth-order valence-electron chi connectivity index (χ4n) is 1.55. The molecule has 17 heavy (non-hydrogen) atoms. The Bertz CT molecular complexity index is 552. The summed E-state index contributed by atoms with van der Waals surface area (Å²) in [6.07, 6.45) is 5.76. The van der Waals surface area contributed by atoms with Crippen molar-refractivity contribution in [1.29, 1.82) is 0 Å². The molecule has 1 aromatic heterocycles. The second kappa shape index (κ2) is 5.07. The minimum atomic E-state index is 0.376. The van der Waals surface area contributed by atoms with Crippen molar-refractivity contribution in [2.24, 2.45) is 0 Å². The number of methoxy groups -OCH3 is 1. The molecule has 0 aliphatic carbocycles. The second-order valence-electron chi connectivity index (χ2n) is 3.39. The first-order chi connectivity index (χ1) is 8.26. The fourth-order valence-corrected chi connectivity index (χ4v) is 1.81. The Morgan fingerprint density at radius 2 is 2.12 bits per heavy atom. The van der Waals surface area contributed by atoms with Crippen LogP contribution in [0.4, 0.5) is 0 Å². The third kappa shape index (κ3) is 2.34. The highest BCUT2D eigenvalue weighted by Gasteiger charge is 2.17. The molecule has 1 aromatic carbocycles. The largest absolute Gasteiger partial charge is 0.467 e. The van der Waals surface area contributed by atoms with E-state index in [4.69, 9.17) is 15.7 Å². The quantitative estimate of drug-likeness (QED) is 0.814. The lowest BCUT2D eigenvalue weighted by Crippen LogP contribution is -1.89.